The van der Waals surface area contributed by atoms with Crippen LogP contribution in [0.1, 0.15) is 28.3 Å². The van der Waals surface area contributed by atoms with Gasteiger partial charge in [0, 0.05) is 15.1 Å². The van der Waals surface area contributed by atoms with Gasteiger partial charge in [0.25, 0.3) is 0 Å². The van der Waals surface area contributed by atoms with E-state index in [1.807, 2.05) is 31.2 Å². The van der Waals surface area contributed by atoms with Gasteiger partial charge in [-0.05, 0) is 48.7 Å². The van der Waals surface area contributed by atoms with Gasteiger partial charge in [-0.1, -0.05) is 39.7 Å². The van der Waals surface area contributed by atoms with Gasteiger partial charge in [0.1, 0.15) is 5.75 Å². The first-order chi connectivity index (χ1) is 9.45. The summed E-state index contributed by atoms with van der Waals surface area (Å²) >= 11 is 9.60. The quantitative estimate of drug-likeness (QED) is 0.861. The van der Waals surface area contributed by atoms with Crippen molar-refractivity contribution < 1.29 is 4.74 Å². The van der Waals surface area contributed by atoms with Crippen LogP contribution >= 0.6 is 27.5 Å². The molecule has 0 aliphatic carbocycles. The van der Waals surface area contributed by atoms with E-state index in [1.54, 1.807) is 7.11 Å². The van der Waals surface area contributed by atoms with E-state index in [2.05, 4.69) is 28.9 Å². The second-order valence-electron chi connectivity index (χ2n) is 4.77. The average Bonchev–Trinajstić information content (AvgIpc) is 2.43. The maximum Gasteiger partial charge on any atom is 0.127 e. The highest BCUT2D eigenvalue weighted by atomic mass is 79.9. The number of rotatable bonds is 3. The Labute approximate surface area is 133 Å². The number of hydrogen-bond acceptors (Lipinski definition) is 2. The van der Waals surface area contributed by atoms with Crippen LogP contribution < -0.4 is 10.5 Å². The fourth-order valence-electron chi connectivity index (χ4n) is 2.25. The molecule has 2 rings (SSSR count). The van der Waals surface area contributed by atoms with Crippen molar-refractivity contribution in [2.24, 2.45) is 5.73 Å². The predicted octanol–water partition coefficient (Wildman–Crippen LogP) is 4.78. The van der Waals surface area contributed by atoms with E-state index in [1.165, 1.54) is 5.56 Å². The highest BCUT2D eigenvalue weighted by Crippen LogP contribution is 2.36. The van der Waals surface area contributed by atoms with E-state index < -0.39 is 0 Å². The summed E-state index contributed by atoms with van der Waals surface area (Å²) in [6.45, 7) is 4.10. The number of nitrogens with two attached hydrogens (primary N) is 1. The smallest absolute Gasteiger partial charge is 0.127 e. The molecule has 0 aliphatic heterocycles. The maximum atomic E-state index is 6.41. The van der Waals surface area contributed by atoms with Gasteiger partial charge in [-0.25, -0.2) is 0 Å². The molecule has 0 saturated heterocycles. The Morgan fingerprint density at radius 1 is 1.15 bits per heavy atom. The number of ether oxygens (including phenoxy) is 1. The molecular weight excluding hydrogens is 338 g/mol. The molecule has 0 saturated carbocycles. The zero-order valence-corrected chi connectivity index (χ0v) is 14.0. The van der Waals surface area contributed by atoms with Gasteiger partial charge in [0.05, 0.1) is 13.2 Å². The maximum absolute atomic E-state index is 6.41. The molecule has 1 unspecified atom stereocenters. The van der Waals surface area contributed by atoms with Gasteiger partial charge in [-0.2, -0.15) is 0 Å². The summed E-state index contributed by atoms with van der Waals surface area (Å²) in [5.41, 5.74) is 10.6. The second kappa shape index (κ2) is 6.17. The molecule has 2 aromatic carbocycles. The lowest BCUT2D eigenvalue weighted by molar-refractivity contribution is 0.404. The number of aryl methyl sites for hydroxylation is 1. The molecule has 20 heavy (non-hydrogen) atoms. The van der Waals surface area contributed by atoms with Gasteiger partial charge >= 0.3 is 0 Å². The first-order valence-electron chi connectivity index (χ1n) is 6.30. The highest BCUT2D eigenvalue weighted by molar-refractivity contribution is 9.10. The zero-order chi connectivity index (χ0) is 14.9. The zero-order valence-electron chi connectivity index (χ0n) is 11.7. The number of halogens is 2. The van der Waals surface area contributed by atoms with Crippen LogP contribution in [-0.4, -0.2) is 7.11 Å². The molecule has 0 bridgehead atoms. The lowest BCUT2D eigenvalue weighted by Gasteiger charge is -2.20. The largest absolute Gasteiger partial charge is 0.496 e. The molecule has 106 valence electrons. The number of benzene rings is 2. The van der Waals surface area contributed by atoms with E-state index in [0.717, 1.165) is 26.9 Å². The summed E-state index contributed by atoms with van der Waals surface area (Å²) in [6.07, 6.45) is 0. The van der Waals surface area contributed by atoms with Crippen LogP contribution in [0.15, 0.2) is 34.8 Å². The molecule has 2 nitrogen and oxygen atoms in total. The number of methoxy groups -OCH3 is 1. The summed E-state index contributed by atoms with van der Waals surface area (Å²) in [4.78, 5) is 0. The summed E-state index contributed by atoms with van der Waals surface area (Å²) < 4.78 is 6.48. The fourth-order valence-corrected chi connectivity index (χ4v) is 2.92. The third kappa shape index (κ3) is 2.85. The van der Waals surface area contributed by atoms with Crippen molar-refractivity contribution in [3.8, 4) is 5.75 Å². The molecule has 0 spiro atoms. The molecule has 0 amide bonds. The first-order valence-corrected chi connectivity index (χ1v) is 7.47. The lowest BCUT2D eigenvalue weighted by Crippen LogP contribution is -2.14. The summed E-state index contributed by atoms with van der Waals surface area (Å²) in [7, 11) is 1.67. The van der Waals surface area contributed by atoms with Crippen LogP contribution in [0.25, 0.3) is 0 Å². The Hall–Kier alpha value is -1.03. The van der Waals surface area contributed by atoms with Gasteiger partial charge in [-0.15, -0.1) is 0 Å². The summed E-state index contributed by atoms with van der Waals surface area (Å²) in [5, 5.41) is 0.668. The normalized spacial score (nSPS) is 12.3. The fraction of sp³-hybridized carbons (Fsp3) is 0.250. The average molecular weight is 355 g/mol. The molecule has 0 fully saturated rings. The molecule has 2 aromatic rings. The topological polar surface area (TPSA) is 35.2 Å². The predicted molar refractivity (Wildman–Crippen MR) is 87.7 cm³/mol. The molecule has 1 atom stereocenters. The van der Waals surface area contributed by atoms with Crippen molar-refractivity contribution in [1.29, 1.82) is 0 Å². The Morgan fingerprint density at radius 3 is 2.50 bits per heavy atom. The van der Waals surface area contributed by atoms with Crippen LogP contribution in [-0.2, 0) is 0 Å². The highest BCUT2D eigenvalue weighted by Gasteiger charge is 2.19. The third-order valence-electron chi connectivity index (χ3n) is 3.54. The Morgan fingerprint density at radius 2 is 1.85 bits per heavy atom. The molecule has 4 heteroatoms. The third-order valence-corrected chi connectivity index (χ3v) is 4.50. The van der Waals surface area contributed by atoms with E-state index in [0.29, 0.717) is 5.02 Å². The Bertz CT molecular complexity index is 643. The second-order valence-corrected chi connectivity index (χ2v) is 6.06. The van der Waals surface area contributed by atoms with E-state index in [9.17, 15) is 0 Å². The Balaban J connectivity index is 2.56. The van der Waals surface area contributed by atoms with Gasteiger partial charge < -0.3 is 10.5 Å². The summed E-state index contributed by atoms with van der Waals surface area (Å²) in [5.74, 6) is 0.837. The minimum atomic E-state index is -0.294. The lowest BCUT2D eigenvalue weighted by atomic mass is 9.95. The van der Waals surface area contributed by atoms with Gasteiger partial charge in [-0.3, -0.25) is 0 Å². The molecule has 0 aliphatic rings. The van der Waals surface area contributed by atoms with Crippen molar-refractivity contribution in [2.75, 3.05) is 7.11 Å². The molecule has 0 radical (unpaired) electrons. The van der Waals surface area contributed by atoms with Crippen molar-refractivity contribution in [3.05, 3.63) is 62.1 Å². The SMILES string of the molecule is COc1c(C(N)c2cc(Cl)ccc2Br)ccc(C)c1C. The van der Waals surface area contributed by atoms with Crippen molar-refractivity contribution >= 4 is 27.5 Å². The van der Waals surface area contributed by atoms with E-state index in [4.69, 9.17) is 22.1 Å². The van der Waals surface area contributed by atoms with Crippen LogP contribution in [0.3, 0.4) is 0 Å². The standard InChI is InChI=1S/C16H17BrClNO/c1-9-4-6-12(16(20-3)10(9)2)15(19)13-8-11(18)5-7-14(13)17/h4-8,15H,19H2,1-3H3. The molecular formula is C16H17BrClNO. The molecule has 2 N–H and O–H groups in total. The van der Waals surface area contributed by atoms with Gasteiger partial charge in [0.2, 0.25) is 0 Å². The molecule has 0 heterocycles. The van der Waals surface area contributed by atoms with Crippen LogP contribution in [0.2, 0.25) is 5.02 Å². The van der Waals surface area contributed by atoms with E-state index >= 15 is 0 Å². The first kappa shape index (κ1) is 15.4. The van der Waals surface area contributed by atoms with Crippen LogP contribution in [0, 0.1) is 13.8 Å². The van der Waals surface area contributed by atoms with Gasteiger partial charge in [0.15, 0.2) is 0 Å². The molecule has 0 aromatic heterocycles. The van der Waals surface area contributed by atoms with Crippen molar-refractivity contribution in [3.63, 3.8) is 0 Å². The summed E-state index contributed by atoms with van der Waals surface area (Å²) in [6, 6.07) is 9.40. The van der Waals surface area contributed by atoms with Crippen LogP contribution in [0.5, 0.6) is 5.75 Å². The Kier molecular flexibility index (Phi) is 4.74. The minimum Gasteiger partial charge on any atom is -0.496 e. The van der Waals surface area contributed by atoms with E-state index in [-0.39, 0.29) is 6.04 Å². The number of hydrogen-bond donors (Lipinski definition) is 1. The van der Waals surface area contributed by atoms with Crippen molar-refractivity contribution in [2.45, 2.75) is 19.9 Å². The minimum absolute atomic E-state index is 0.294. The van der Waals surface area contributed by atoms with Crippen molar-refractivity contribution in [1.82, 2.24) is 0 Å². The monoisotopic (exact) mass is 353 g/mol. The van der Waals surface area contributed by atoms with Crippen LogP contribution in [0.4, 0.5) is 0 Å².